The number of morpholine rings is 1. The molecule has 20 heavy (non-hydrogen) atoms. The Kier molecular flexibility index (Phi) is 12.6. The SMILES string of the molecule is CCNC(=NCCCN1CCOCC1)NC(C)CC.I. The summed E-state index contributed by atoms with van der Waals surface area (Å²) in [5.41, 5.74) is 0. The summed E-state index contributed by atoms with van der Waals surface area (Å²) < 4.78 is 5.34. The fourth-order valence-electron chi connectivity index (χ4n) is 1.97. The molecule has 0 aromatic heterocycles. The molecule has 1 heterocycles. The summed E-state index contributed by atoms with van der Waals surface area (Å²) in [7, 11) is 0. The summed E-state index contributed by atoms with van der Waals surface area (Å²) in [5, 5.41) is 6.70. The molecule has 2 N–H and O–H groups in total. The van der Waals surface area contributed by atoms with Crippen LogP contribution in [0.1, 0.15) is 33.6 Å². The Balaban J connectivity index is 0.00000361. The molecule has 1 aliphatic rings. The van der Waals surface area contributed by atoms with Gasteiger partial charge in [0.25, 0.3) is 0 Å². The molecule has 1 saturated heterocycles. The van der Waals surface area contributed by atoms with E-state index < -0.39 is 0 Å². The average molecular weight is 398 g/mol. The van der Waals surface area contributed by atoms with Crippen LogP contribution in [0.5, 0.6) is 0 Å². The van der Waals surface area contributed by atoms with Crippen molar-refractivity contribution in [2.45, 2.75) is 39.7 Å². The number of rotatable bonds is 7. The third-order valence-electron chi connectivity index (χ3n) is 3.35. The minimum Gasteiger partial charge on any atom is -0.379 e. The van der Waals surface area contributed by atoms with Crippen LogP contribution in [0.15, 0.2) is 4.99 Å². The second-order valence-corrected chi connectivity index (χ2v) is 5.02. The van der Waals surface area contributed by atoms with Crippen molar-refractivity contribution in [3.63, 3.8) is 0 Å². The summed E-state index contributed by atoms with van der Waals surface area (Å²) in [6.45, 7) is 13.2. The predicted molar refractivity (Wildman–Crippen MR) is 96.2 cm³/mol. The van der Waals surface area contributed by atoms with Crippen molar-refractivity contribution < 1.29 is 4.74 Å². The average Bonchev–Trinajstić information content (AvgIpc) is 2.44. The maximum Gasteiger partial charge on any atom is 0.191 e. The zero-order valence-corrected chi connectivity index (χ0v) is 15.5. The van der Waals surface area contributed by atoms with E-state index in [-0.39, 0.29) is 24.0 Å². The highest BCUT2D eigenvalue weighted by Gasteiger charge is 2.09. The highest BCUT2D eigenvalue weighted by Crippen LogP contribution is 1.98. The Labute approximate surface area is 140 Å². The molecule has 0 radical (unpaired) electrons. The van der Waals surface area contributed by atoms with Gasteiger partial charge in [-0.15, -0.1) is 24.0 Å². The summed E-state index contributed by atoms with van der Waals surface area (Å²) in [5.74, 6) is 0.943. The van der Waals surface area contributed by atoms with Gasteiger partial charge in [0.05, 0.1) is 13.2 Å². The normalized spacial score (nSPS) is 18.2. The van der Waals surface area contributed by atoms with Crippen molar-refractivity contribution in [1.29, 1.82) is 0 Å². The first-order valence-electron chi connectivity index (χ1n) is 7.61. The van der Waals surface area contributed by atoms with Gasteiger partial charge < -0.3 is 15.4 Å². The number of hydrogen-bond acceptors (Lipinski definition) is 3. The lowest BCUT2D eigenvalue weighted by atomic mass is 10.3. The Bertz CT molecular complexity index is 258. The lowest BCUT2D eigenvalue weighted by molar-refractivity contribution is 0.0377. The largest absolute Gasteiger partial charge is 0.379 e. The van der Waals surface area contributed by atoms with Gasteiger partial charge in [0.15, 0.2) is 5.96 Å². The first-order valence-corrected chi connectivity index (χ1v) is 7.61. The minimum absolute atomic E-state index is 0. The molecule has 120 valence electrons. The summed E-state index contributed by atoms with van der Waals surface area (Å²) >= 11 is 0. The van der Waals surface area contributed by atoms with Crippen LogP contribution < -0.4 is 10.6 Å². The van der Waals surface area contributed by atoms with E-state index in [2.05, 4.69) is 41.3 Å². The van der Waals surface area contributed by atoms with E-state index >= 15 is 0 Å². The maximum absolute atomic E-state index is 5.34. The van der Waals surface area contributed by atoms with Crippen LogP contribution in [-0.2, 0) is 4.74 Å². The molecule has 1 fully saturated rings. The van der Waals surface area contributed by atoms with Gasteiger partial charge in [0.1, 0.15) is 0 Å². The van der Waals surface area contributed by atoms with Crippen LogP contribution in [0.25, 0.3) is 0 Å². The van der Waals surface area contributed by atoms with E-state index in [0.717, 1.165) is 64.7 Å². The molecule has 1 aliphatic heterocycles. The van der Waals surface area contributed by atoms with E-state index in [1.165, 1.54) is 0 Å². The highest BCUT2D eigenvalue weighted by atomic mass is 127. The number of aliphatic imine (C=N–C) groups is 1. The lowest BCUT2D eigenvalue weighted by Crippen LogP contribution is -2.42. The molecule has 0 aromatic rings. The number of guanidine groups is 1. The van der Waals surface area contributed by atoms with E-state index in [0.29, 0.717) is 6.04 Å². The standard InChI is InChI=1S/C14H30N4O.HI/c1-4-13(3)17-14(15-5-2)16-7-6-8-18-9-11-19-12-10-18;/h13H,4-12H2,1-3H3,(H2,15,16,17);1H. The fourth-order valence-corrected chi connectivity index (χ4v) is 1.97. The zero-order valence-electron chi connectivity index (χ0n) is 13.2. The smallest absolute Gasteiger partial charge is 0.191 e. The maximum atomic E-state index is 5.34. The van der Waals surface area contributed by atoms with Gasteiger partial charge >= 0.3 is 0 Å². The van der Waals surface area contributed by atoms with Crippen LogP contribution in [0, 0.1) is 0 Å². The van der Waals surface area contributed by atoms with Gasteiger partial charge in [-0.1, -0.05) is 6.92 Å². The number of halogens is 1. The van der Waals surface area contributed by atoms with Crippen molar-refractivity contribution in [1.82, 2.24) is 15.5 Å². The molecule has 0 amide bonds. The molecule has 0 aliphatic carbocycles. The number of nitrogens with one attached hydrogen (secondary N) is 2. The van der Waals surface area contributed by atoms with Crippen molar-refractivity contribution in [2.24, 2.45) is 4.99 Å². The summed E-state index contributed by atoms with van der Waals surface area (Å²) in [6, 6.07) is 0.469. The monoisotopic (exact) mass is 398 g/mol. The van der Waals surface area contributed by atoms with Crippen LogP contribution in [0.2, 0.25) is 0 Å². The van der Waals surface area contributed by atoms with E-state index in [4.69, 9.17) is 4.74 Å². The first kappa shape index (κ1) is 19.9. The third-order valence-corrected chi connectivity index (χ3v) is 3.35. The van der Waals surface area contributed by atoms with Crippen LogP contribution >= 0.6 is 24.0 Å². The number of ether oxygens (including phenoxy) is 1. The van der Waals surface area contributed by atoms with Crippen LogP contribution in [-0.4, -0.2) is 62.8 Å². The molecule has 1 atom stereocenters. The van der Waals surface area contributed by atoms with Gasteiger partial charge in [-0.25, -0.2) is 0 Å². The molecule has 0 saturated carbocycles. The second kappa shape index (κ2) is 12.6. The van der Waals surface area contributed by atoms with E-state index in [1.54, 1.807) is 0 Å². The van der Waals surface area contributed by atoms with Crippen LogP contribution in [0.4, 0.5) is 0 Å². The first-order chi connectivity index (χ1) is 9.26. The molecule has 0 aromatic carbocycles. The molecule has 6 heteroatoms. The Morgan fingerprint density at radius 1 is 1.30 bits per heavy atom. The van der Waals surface area contributed by atoms with E-state index in [9.17, 15) is 0 Å². The molecular weight excluding hydrogens is 367 g/mol. The third kappa shape index (κ3) is 8.97. The van der Waals surface area contributed by atoms with Crippen LogP contribution in [0.3, 0.4) is 0 Å². The molecule has 1 rings (SSSR count). The van der Waals surface area contributed by atoms with Gasteiger partial charge in [-0.05, 0) is 26.7 Å². The molecular formula is C14H31IN4O. The Hall–Kier alpha value is -0.0800. The van der Waals surface area contributed by atoms with Crippen molar-refractivity contribution in [3.8, 4) is 0 Å². The molecule has 5 nitrogen and oxygen atoms in total. The quantitative estimate of drug-likeness (QED) is 0.297. The van der Waals surface area contributed by atoms with Crippen molar-refractivity contribution in [3.05, 3.63) is 0 Å². The Morgan fingerprint density at radius 3 is 2.60 bits per heavy atom. The van der Waals surface area contributed by atoms with Gasteiger partial charge in [0, 0.05) is 38.8 Å². The Morgan fingerprint density at radius 2 is 2.00 bits per heavy atom. The summed E-state index contributed by atoms with van der Waals surface area (Å²) in [6.07, 6.45) is 2.22. The fraction of sp³-hybridized carbons (Fsp3) is 0.929. The van der Waals surface area contributed by atoms with Crippen molar-refractivity contribution in [2.75, 3.05) is 45.9 Å². The van der Waals surface area contributed by atoms with Gasteiger partial charge in [0.2, 0.25) is 0 Å². The minimum atomic E-state index is 0. The number of hydrogen-bond donors (Lipinski definition) is 2. The second-order valence-electron chi connectivity index (χ2n) is 5.02. The molecule has 0 spiro atoms. The highest BCUT2D eigenvalue weighted by molar-refractivity contribution is 14.0. The van der Waals surface area contributed by atoms with Crippen molar-refractivity contribution >= 4 is 29.9 Å². The molecule has 1 unspecified atom stereocenters. The van der Waals surface area contributed by atoms with Gasteiger partial charge in [-0.2, -0.15) is 0 Å². The molecule has 0 bridgehead atoms. The lowest BCUT2D eigenvalue weighted by Gasteiger charge is -2.26. The zero-order chi connectivity index (χ0) is 13.9. The topological polar surface area (TPSA) is 48.9 Å². The number of nitrogens with zero attached hydrogens (tertiary/aromatic N) is 2. The predicted octanol–water partition coefficient (Wildman–Crippen LogP) is 1.68. The summed E-state index contributed by atoms with van der Waals surface area (Å²) in [4.78, 5) is 7.07. The van der Waals surface area contributed by atoms with Gasteiger partial charge in [-0.3, -0.25) is 9.89 Å². The van der Waals surface area contributed by atoms with E-state index in [1.807, 2.05) is 0 Å².